The smallest absolute Gasteiger partial charge is 0.352 e. The summed E-state index contributed by atoms with van der Waals surface area (Å²) in [5, 5.41) is 39.9. The number of rotatable bonds is 8. The fourth-order valence-electron chi connectivity index (χ4n) is 3.94. The van der Waals surface area contributed by atoms with E-state index >= 15 is 0 Å². The number of nitrogen functional groups attached to an aromatic ring is 1. The van der Waals surface area contributed by atoms with Gasteiger partial charge in [0.05, 0.1) is 0 Å². The van der Waals surface area contributed by atoms with Crippen molar-refractivity contribution >= 4 is 81.7 Å². The molecule has 6 N–H and O–H groups in total. The van der Waals surface area contributed by atoms with Crippen LogP contribution in [0.3, 0.4) is 0 Å². The Morgan fingerprint density at radius 2 is 2.10 bits per heavy atom. The van der Waals surface area contributed by atoms with Crippen LogP contribution in [0.2, 0.25) is 0 Å². The second kappa shape index (κ2) is 11.3. The molecule has 3 aromatic heterocycles. The van der Waals surface area contributed by atoms with E-state index in [1.54, 1.807) is 13.0 Å². The van der Waals surface area contributed by atoms with Crippen LogP contribution < -0.4 is 11.1 Å². The molecule has 5 heterocycles. The highest BCUT2D eigenvalue weighted by atomic mass is 35.5. The second-order valence-corrected chi connectivity index (χ2v) is 11.1. The molecule has 2 amide bonds. The van der Waals surface area contributed by atoms with Crippen LogP contribution in [-0.4, -0.2) is 91.3 Å². The van der Waals surface area contributed by atoms with E-state index in [9.17, 15) is 29.8 Å². The van der Waals surface area contributed by atoms with E-state index < -0.39 is 34.9 Å². The van der Waals surface area contributed by atoms with Crippen molar-refractivity contribution in [3.63, 3.8) is 0 Å². The van der Waals surface area contributed by atoms with Crippen molar-refractivity contribution in [3.05, 3.63) is 39.9 Å². The number of aliphatic carboxylic acids is 1. The minimum atomic E-state index is -1.26. The highest BCUT2D eigenvalue weighted by Crippen LogP contribution is 2.41. The molecule has 0 saturated carbocycles. The number of thioether (sulfide) groups is 2. The molecule has 19 heteroatoms. The molecule has 3 aromatic rings. The van der Waals surface area contributed by atoms with Crippen LogP contribution >= 0.6 is 47.3 Å². The Labute approximate surface area is 238 Å². The molecule has 0 radical (unpaired) electrons. The number of oxime groups is 1. The summed E-state index contributed by atoms with van der Waals surface area (Å²) in [5.41, 5.74) is 6.26. The van der Waals surface area contributed by atoms with E-state index in [0.29, 0.717) is 27.8 Å². The number of β-lactam (4-membered cyclic amide) rings is 1. The molecule has 15 nitrogen and oxygen atoms in total. The van der Waals surface area contributed by atoms with Gasteiger partial charge in [-0.05, 0) is 18.6 Å². The quantitative estimate of drug-likeness (QED) is 0.0568. The number of hydrogen-bond donors (Lipinski definition) is 5. The summed E-state index contributed by atoms with van der Waals surface area (Å²) in [6, 6.07) is 0.752. The molecule has 0 bridgehead atoms. The Kier molecular flexibility index (Phi) is 8.31. The molecule has 1 saturated heterocycles. The maximum absolute atomic E-state index is 13.0. The summed E-state index contributed by atoms with van der Waals surface area (Å²) < 4.78 is 1.47. The van der Waals surface area contributed by atoms with Crippen molar-refractivity contribution in [2.45, 2.75) is 30.0 Å². The largest absolute Gasteiger partial charge is 0.477 e. The number of nitrogens with zero attached hydrogens (tertiary/aromatic N) is 7. The standard InChI is InChI=1S/C20H19N9O6S3.ClH/c1-7-2-11(29-20(22-7)24-10(3-30)26-29)36-4-8-5-37-17-13(16(32)28(17)14(8)18(33)34)25-15(31)12(27-35)9-6-38-19(21)23-9;/h2,6,13,17,30,35H,3-5H2,1H3,(H2,21,23)(H,25,31)(H,33,34);1H/t13?,17-;/m0./s1. The summed E-state index contributed by atoms with van der Waals surface area (Å²) in [6.45, 7) is 1.43. The predicted octanol–water partition coefficient (Wildman–Crippen LogP) is 0.0947. The average Bonchev–Trinajstić information content (AvgIpc) is 3.51. The van der Waals surface area contributed by atoms with Gasteiger partial charge in [0, 0.05) is 22.6 Å². The van der Waals surface area contributed by atoms with Gasteiger partial charge in [0.2, 0.25) is 0 Å². The van der Waals surface area contributed by atoms with Crippen LogP contribution in [0.4, 0.5) is 5.13 Å². The maximum Gasteiger partial charge on any atom is 0.352 e. The molecule has 1 fully saturated rings. The van der Waals surface area contributed by atoms with Crippen LogP contribution in [-0.2, 0) is 21.0 Å². The fraction of sp³-hybridized carbons (Fsp3) is 0.300. The number of fused-ring (bicyclic) bond motifs is 2. The zero-order valence-electron chi connectivity index (χ0n) is 19.8. The number of amides is 2. The number of carbonyl (C=O) groups excluding carboxylic acids is 2. The van der Waals surface area contributed by atoms with Crippen LogP contribution in [0, 0.1) is 6.92 Å². The number of hydrogen-bond acceptors (Lipinski definition) is 14. The zero-order valence-corrected chi connectivity index (χ0v) is 23.1. The lowest BCUT2D eigenvalue weighted by Gasteiger charge is -2.49. The number of aliphatic hydroxyl groups excluding tert-OH is 1. The Hall–Kier alpha value is -3.45. The number of carbonyl (C=O) groups is 3. The molecule has 1 unspecified atom stereocenters. The predicted molar refractivity (Wildman–Crippen MR) is 144 cm³/mol. The van der Waals surface area contributed by atoms with E-state index in [1.807, 2.05) is 0 Å². The van der Waals surface area contributed by atoms with Crippen molar-refractivity contribution in [3.8, 4) is 0 Å². The molecule has 0 spiro atoms. The van der Waals surface area contributed by atoms with E-state index in [1.165, 1.54) is 33.4 Å². The zero-order chi connectivity index (χ0) is 27.1. The topological polar surface area (TPSA) is 222 Å². The maximum atomic E-state index is 13.0. The summed E-state index contributed by atoms with van der Waals surface area (Å²) >= 11 is 3.66. The van der Waals surface area contributed by atoms with Gasteiger partial charge < -0.3 is 26.5 Å². The van der Waals surface area contributed by atoms with Gasteiger partial charge in [0.15, 0.2) is 16.7 Å². The van der Waals surface area contributed by atoms with Crippen molar-refractivity contribution in [1.29, 1.82) is 0 Å². The molecule has 39 heavy (non-hydrogen) atoms. The van der Waals surface area contributed by atoms with Gasteiger partial charge in [0.1, 0.15) is 34.4 Å². The first kappa shape index (κ1) is 28.6. The summed E-state index contributed by atoms with van der Waals surface area (Å²) in [4.78, 5) is 51.4. The first-order valence-electron chi connectivity index (χ1n) is 10.8. The average molecular weight is 614 g/mol. The van der Waals surface area contributed by atoms with Crippen LogP contribution in [0.1, 0.15) is 17.2 Å². The number of carboxylic acid groups (broad SMARTS) is 1. The first-order valence-corrected chi connectivity index (χ1v) is 13.7. The highest BCUT2D eigenvalue weighted by Gasteiger charge is 2.54. The summed E-state index contributed by atoms with van der Waals surface area (Å²) in [7, 11) is 0. The summed E-state index contributed by atoms with van der Waals surface area (Å²) in [6.07, 6.45) is 0. The number of halogens is 1. The van der Waals surface area contributed by atoms with Gasteiger partial charge in [-0.3, -0.25) is 14.5 Å². The Morgan fingerprint density at radius 1 is 1.33 bits per heavy atom. The summed E-state index contributed by atoms with van der Waals surface area (Å²) in [5.74, 6) is -1.66. The van der Waals surface area contributed by atoms with E-state index in [2.05, 4.69) is 30.5 Å². The molecule has 0 aliphatic carbocycles. The molecule has 2 atom stereocenters. The van der Waals surface area contributed by atoms with Gasteiger partial charge in [-0.25, -0.2) is 14.8 Å². The number of nitrogens with two attached hydrogens (primary N) is 1. The SMILES string of the molecule is Cc1cc(SCC2=C(C(=O)O)N3C(=O)C(NC(=O)C(=NO)c4csc(N)n4)[C@@H]3SC2)n2nc(CO)nc2n1.Cl. The third-order valence-corrected chi connectivity index (χ3v) is 8.70. The van der Waals surface area contributed by atoms with Gasteiger partial charge in [-0.15, -0.1) is 52.4 Å². The minimum Gasteiger partial charge on any atom is -0.477 e. The van der Waals surface area contributed by atoms with E-state index in [0.717, 1.165) is 16.2 Å². The van der Waals surface area contributed by atoms with Gasteiger partial charge in [-0.2, -0.15) is 9.50 Å². The van der Waals surface area contributed by atoms with Gasteiger partial charge in [-0.1, -0.05) is 5.16 Å². The first-order chi connectivity index (χ1) is 18.2. The lowest BCUT2D eigenvalue weighted by Crippen LogP contribution is -2.71. The van der Waals surface area contributed by atoms with Crippen molar-refractivity contribution in [2.75, 3.05) is 17.2 Å². The van der Waals surface area contributed by atoms with Crippen molar-refractivity contribution in [2.24, 2.45) is 5.16 Å². The van der Waals surface area contributed by atoms with Gasteiger partial charge in [0.25, 0.3) is 17.6 Å². The molecule has 0 aromatic carbocycles. The molecular formula is C20H20ClN9O6S3. The Balaban J connectivity index is 0.00000353. The molecule has 2 aliphatic rings. The van der Waals surface area contributed by atoms with Crippen LogP contribution in [0.25, 0.3) is 5.78 Å². The fourth-order valence-corrected chi connectivity index (χ4v) is 7.02. The van der Waals surface area contributed by atoms with Crippen molar-refractivity contribution < 1.29 is 29.8 Å². The molecule has 5 rings (SSSR count). The third kappa shape index (κ3) is 5.24. The third-order valence-electron chi connectivity index (χ3n) is 5.60. The lowest BCUT2D eigenvalue weighted by molar-refractivity contribution is -0.150. The van der Waals surface area contributed by atoms with E-state index in [4.69, 9.17) is 5.73 Å². The van der Waals surface area contributed by atoms with Crippen molar-refractivity contribution in [1.82, 2.24) is 34.8 Å². The number of aromatic nitrogens is 5. The number of thiazole rings is 1. The number of aliphatic hydroxyl groups is 1. The monoisotopic (exact) mass is 613 g/mol. The second-order valence-electron chi connectivity index (χ2n) is 8.06. The normalized spacial score (nSPS) is 19.0. The molecule has 2 aliphatic heterocycles. The molecule has 206 valence electrons. The number of aryl methyl sites for hydroxylation is 1. The minimum absolute atomic E-state index is 0. The lowest BCUT2D eigenvalue weighted by atomic mass is 10.0. The number of nitrogens with one attached hydrogen (secondary N) is 1. The number of anilines is 1. The van der Waals surface area contributed by atoms with Gasteiger partial charge >= 0.3 is 5.97 Å². The van der Waals surface area contributed by atoms with Crippen LogP contribution in [0.15, 0.2) is 32.9 Å². The Bertz CT molecular complexity index is 1540. The Morgan fingerprint density at radius 3 is 2.74 bits per heavy atom. The molecular weight excluding hydrogens is 594 g/mol. The highest BCUT2D eigenvalue weighted by molar-refractivity contribution is 8.01. The van der Waals surface area contributed by atoms with E-state index in [-0.39, 0.29) is 47.1 Å². The van der Waals surface area contributed by atoms with Crippen LogP contribution in [0.5, 0.6) is 0 Å². The number of carboxylic acids is 1.